The number of benzene rings is 1. The second-order valence-electron chi connectivity index (χ2n) is 8.69. The first-order chi connectivity index (χ1) is 15.3. The maximum absolute atomic E-state index is 13.6. The van der Waals surface area contributed by atoms with Gasteiger partial charge in [0.2, 0.25) is 17.4 Å². The molecule has 8 heteroatoms. The molecule has 0 spiro atoms. The van der Waals surface area contributed by atoms with Crippen LogP contribution in [0, 0.1) is 11.8 Å². The third kappa shape index (κ3) is 2.62. The Balaban J connectivity index is 1.50. The van der Waals surface area contributed by atoms with Gasteiger partial charge >= 0.3 is 0 Å². The lowest BCUT2D eigenvalue weighted by Gasteiger charge is -2.38. The van der Waals surface area contributed by atoms with Gasteiger partial charge in [-0.3, -0.25) is 19.2 Å². The normalized spacial score (nSPS) is 31.0. The molecule has 1 aromatic heterocycles. The Morgan fingerprint density at radius 3 is 2.41 bits per heavy atom. The number of likely N-dealkylation sites (N-methyl/N-ethyl adjacent to an activating group) is 1. The number of hydrogen-bond acceptors (Lipinski definition) is 6. The molecule has 2 aromatic rings. The van der Waals surface area contributed by atoms with Gasteiger partial charge in [-0.15, -0.1) is 11.3 Å². The molecule has 7 nitrogen and oxygen atoms in total. The van der Waals surface area contributed by atoms with E-state index in [2.05, 4.69) is 6.07 Å². The zero-order chi connectivity index (χ0) is 22.7. The second kappa shape index (κ2) is 7.35. The Morgan fingerprint density at radius 1 is 1.03 bits per heavy atom. The van der Waals surface area contributed by atoms with Crippen LogP contribution in [-0.4, -0.2) is 46.8 Å². The Hall–Kier alpha value is -2.84. The summed E-state index contributed by atoms with van der Waals surface area (Å²) in [5, 5.41) is 2.03. The molecule has 3 aliphatic rings. The van der Waals surface area contributed by atoms with E-state index in [9.17, 15) is 19.2 Å². The van der Waals surface area contributed by atoms with Crippen LogP contribution in [0.25, 0.3) is 0 Å². The predicted octanol–water partition coefficient (Wildman–Crippen LogP) is 2.79. The maximum Gasteiger partial charge on any atom is 0.265 e. The van der Waals surface area contributed by atoms with Crippen LogP contribution in [0.2, 0.25) is 0 Å². The van der Waals surface area contributed by atoms with Gasteiger partial charge in [0.1, 0.15) is 11.8 Å². The molecular formula is C24H24N2O5S. The maximum atomic E-state index is 13.6. The number of aryl methyl sites for hydroxylation is 1. The van der Waals surface area contributed by atoms with Gasteiger partial charge in [0.15, 0.2) is 11.5 Å². The Labute approximate surface area is 189 Å². The van der Waals surface area contributed by atoms with Gasteiger partial charge in [0, 0.05) is 11.9 Å². The van der Waals surface area contributed by atoms with Crippen LogP contribution in [0.4, 0.5) is 5.69 Å². The number of unbranched alkanes of at least 4 members (excludes halogenated alkanes) is 1. The number of fused-ring (bicyclic) bond motifs is 5. The highest BCUT2D eigenvalue weighted by atomic mass is 32.1. The lowest BCUT2D eigenvalue weighted by molar-refractivity contribution is -0.155. The van der Waals surface area contributed by atoms with Crippen LogP contribution < -0.4 is 4.90 Å². The summed E-state index contributed by atoms with van der Waals surface area (Å²) in [5.74, 6) is -4.04. The molecule has 0 radical (unpaired) electrons. The Kier molecular flexibility index (Phi) is 4.83. The Morgan fingerprint density at radius 2 is 1.75 bits per heavy atom. The molecule has 4 heterocycles. The fourth-order valence-electron chi connectivity index (χ4n) is 5.59. The topological polar surface area (TPSA) is 84.0 Å². The van der Waals surface area contributed by atoms with Crippen molar-refractivity contribution in [2.75, 3.05) is 11.9 Å². The molecule has 1 aromatic carbocycles. The van der Waals surface area contributed by atoms with E-state index in [0.717, 1.165) is 17.7 Å². The molecule has 166 valence electrons. The van der Waals surface area contributed by atoms with E-state index in [4.69, 9.17) is 4.74 Å². The number of thiophene rings is 1. The van der Waals surface area contributed by atoms with Crippen molar-refractivity contribution in [2.24, 2.45) is 11.8 Å². The van der Waals surface area contributed by atoms with Crippen LogP contribution in [0.1, 0.15) is 31.1 Å². The first kappa shape index (κ1) is 21.0. The predicted molar refractivity (Wildman–Crippen MR) is 118 cm³/mol. The number of para-hydroxylation sites is 1. The minimum absolute atomic E-state index is 0.387. The van der Waals surface area contributed by atoms with E-state index in [1.165, 1.54) is 16.7 Å². The summed E-state index contributed by atoms with van der Waals surface area (Å²) < 4.78 is 6.22. The van der Waals surface area contributed by atoms with Crippen LogP contribution in [0.3, 0.4) is 0 Å². The van der Waals surface area contributed by atoms with E-state index in [0.29, 0.717) is 18.5 Å². The molecule has 2 unspecified atom stereocenters. The number of carbonyl (C=O) groups excluding carboxylic acids is 4. The molecule has 3 amide bonds. The molecule has 3 saturated heterocycles. The highest BCUT2D eigenvalue weighted by Gasteiger charge is 2.83. The van der Waals surface area contributed by atoms with E-state index < -0.39 is 46.7 Å². The third-order valence-corrected chi connectivity index (χ3v) is 8.02. The number of hydrogen-bond donors (Lipinski definition) is 0. The largest absolute Gasteiger partial charge is 0.330 e. The number of imide groups is 1. The number of amides is 3. The number of Topliss-reactive ketones (excluding diaryl/α,β-unsaturated/α-hetero) is 1. The van der Waals surface area contributed by atoms with Crippen molar-refractivity contribution in [3.8, 4) is 0 Å². The Bertz CT molecular complexity index is 1100. The molecule has 2 bridgehead atoms. The van der Waals surface area contributed by atoms with Crippen molar-refractivity contribution < 1.29 is 23.9 Å². The number of likely N-dealkylation sites (tertiary alicyclic amines) is 1. The number of piperidine rings is 1. The average Bonchev–Trinajstić information content (AvgIpc) is 3.51. The summed E-state index contributed by atoms with van der Waals surface area (Å²) >= 11 is 1.69. The van der Waals surface area contributed by atoms with E-state index in [1.807, 2.05) is 11.4 Å². The minimum atomic E-state index is -1.93. The second-order valence-corrected chi connectivity index (χ2v) is 9.72. The monoisotopic (exact) mass is 452 g/mol. The van der Waals surface area contributed by atoms with Crippen molar-refractivity contribution in [1.82, 2.24) is 4.90 Å². The van der Waals surface area contributed by atoms with Crippen LogP contribution in [0.5, 0.6) is 0 Å². The number of anilines is 1. The van der Waals surface area contributed by atoms with E-state index >= 15 is 0 Å². The molecule has 32 heavy (non-hydrogen) atoms. The molecular weight excluding hydrogens is 428 g/mol. The smallest absolute Gasteiger partial charge is 0.265 e. The van der Waals surface area contributed by atoms with Crippen molar-refractivity contribution >= 4 is 40.5 Å². The van der Waals surface area contributed by atoms with Crippen molar-refractivity contribution in [3.63, 3.8) is 0 Å². The van der Waals surface area contributed by atoms with Crippen LogP contribution >= 0.6 is 11.3 Å². The molecule has 0 saturated carbocycles. The fraction of sp³-hybridized carbons (Fsp3) is 0.417. The lowest BCUT2D eigenvalue weighted by atomic mass is 9.71. The molecule has 3 aliphatic heterocycles. The molecule has 5 rings (SSSR count). The highest BCUT2D eigenvalue weighted by molar-refractivity contribution is 7.09. The molecule has 3 fully saturated rings. The van der Waals surface area contributed by atoms with Crippen molar-refractivity contribution in [3.05, 3.63) is 52.7 Å². The van der Waals surface area contributed by atoms with Gasteiger partial charge < -0.3 is 9.64 Å². The summed E-state index contributed by atoms with van der Waals surface area (Å²) in [6, 6.07) is 12.7. The standard InChI is InChI=1S/C24H24N2O5S/c1-15(27)24-19-18(20(28)26(21(19)29)16-9-4-3-5-10-16)23(31-24,25(2)22(24)30)13-7-6-11-17-12-8-14-32-17/h3-5,8-10,12,14,18-19H,6-7,11,13H2,1-2H3/t18?,19?,23-,24+/m0/s1. The summed E-state index contributed by atoms with van der Waals surface area (Å²) in [6.45, 7) is 1.27. The average molecular weight is 453 g/mol. The van der Waals surface area contributed by atoms with Gasteiger partial charge in [0.05, 0.1) is 5.69 Å². The van der Waals surface area contributed by atoms with E-state index in [1.54, 1.807) is 48.7 Å². The summed E-state index contributed by atoms with van der Waals surface area (Å²) in [5.41, 5.74) is -2.78. The van der Waals surface area contributed by atoms with Gasteiger partial charge in [-0.25, -0.2) is 4.90 Å². The number of carbonyl (C=O) groups is 4. The number of ketones is 1. The summed E-state index contributed by atoms with van der Waals surface area (Å²) in [4.78, 5) is 57.0. The van der Waals surface area contributed by atoms with Gasteiger partial charge in [-0.05, 0) is 56.2 Å². The third-order valence-electron chi connectivity index (χ3n) is 7.08. The molecule has 0 N–H and O–H groups in total. The highest BCUT2D eigenvalue weighted by Crippen LogP contribution is 2.61. The zero-order valence-corrected chi connectivity index (χ0v) is 18.8. The van der Waals surface area contributed by atoms with Crippen molar-refractivity contribution in [2.45, 2.75) is 43.9 Å². The SMILES string of the molecule is CC(=O)[C@@]12O[C@@](CCCCc3cccs3)(C3C(=O)N(c4ccccc4)C(=O)C31)N(C)C2=O. The van der Waals surface area contributed by atoms with Gasteiger partial charge in [-0.1, -0.05) is 24.3 Å². The lowest BCUT2D eigenvalue weighted by Crippen LogP contribution is -2.60. The first-order valence-corrected chi connectivity index (χ1v) is 11.7. The van der Waals surface area contributed by atoms with Gasteiger partial charge in [0.25, 0.3) is 5.91 Å². The number of nitrogens with zero attached hydrogens (tertiary/aromatic N) is 2. The fourth-order valence-corrected chi connectivity index (χ4v) is 6.35. The number of ether oxygens (including phenoxy) is 1. The molecule has 0 aliphatic carbocycles. The van der Waals surface area contributed by atoms with Crippen LogP contribution in [-0.2, 0) is 30.3 Å². The minimum Gasteiger partial charge on any atom is -0.330 e. The summed E-state index contributed by atoms with van der Waals surface area (Å²) in [6.07, 6.45) is 2.82. The molecule has 4 atom stereocenters. The zero-order valence-electron chi connectivity index (χ0n) is 17.9. The van der Waals surface area contributed by atoms with E-state index in [-0.39, 0.29) is 0 Å². The summed E-state index contributed by atoms with van der Waals surface area (Å²) in [7, 11) is 1.57. The first-order valence-electron chi connectivity index (χ1n) is 10.8. The van der Waals surface area contributed by atoms with Crippen LogP contribution in [0.15, 0.2) is 47.8 Å². The van der Waals surface area contributed by atoms with Gasteiger partial charge in [-0.2, -0.15) is 0 Å². The van der Waals surface area contributed by atoms with Crippen molar-refractivity contribution in [1.29, 1.82) is 0 Å². The quantitative estimate of drug-likeness (QED) is 0.366. The number of rotatable bonds is 7.